The third-order valence-electron chi connectivity index (χ3n) is 2.05. The Morgan fingerprint density at radius 2 is 2.56 bits per heavy atom. The van der Waals surface area contributed by atoms with Crippen molar-refractivity contribution in [2.75, 3.05) is 7.05 Å². The Balaban J connectivity index is 2.18. The van der Waals surface area contributed by atoms with Gasteiger partial charge in [0.1, 0.15) is 0 Å². The largest absolute Gasteiger partial charge is 0.389 e. The van der Waals surface area contributed by atoms with Crippen molar-refractivity contribution in [3.05, 3.63) is 11.8 Å². The van der Waals surface area contributed by atoms with E-state index >= 15 is 0 Å². The van der Waals surface area contributed by atoms with Gasteiger partial charge in [-0.3, -0.25) is 0 Å². The summed E-state index contributed by atoms with van der Waals surface area (Å²) in [4.78, 5) is 0. The van der Waals surface area contributed by atoms with Crippen LogP contribution in [0.5, 0.6) is 0 Å². The standard InChI is InChI=1S/C7H11NO/c1-8-6-4-5-2-3-7(6)9-5/h4-5,7-8H,2-3H2,1H3. The molecule has 0 aromatic heterocycles. The lowest BCUT2D eigenvalue weighted by Crippen LogP contribution is -2.17. The fourth-order valence-corrected chi connectivity index (χ4v) is 1.57. The van der Waals surface area contributed by atoms with E-state index in [0.717, 1.165) is 0 Å². The molecule has 0 radical (unpaired) electrons. The number of ether oxygens (including phenoxy) is 1. The Morgan fingerprint density at radius 1 is 1.67 bits per heavy atom. The first-order valence-corrected chi connectivity index (χ1v) is 3.45. The quantitative estimate of drug-likeness (QED) is 0.555. The molecule has 1 N–H and O–H groups in total. The molecule has 0 amide bonds. The molecule has 2 heterocycles. The second kappa shape index (κ2) is 1.74. The van der Waals surface area contributed by atoms with E-state index in [1.54, 1.807) is 0 Å². The molecule has 2 bridgehead atoms. The third kappa shape index (κ3) is 0.663. The Kier molecular flexibility index (Phi) is 1.02. The van der Waals surface area contributed by atoms with Crippen LogP contribution < -0.4 is 5.32 Å². The molecule has 2 aliphatic rings. The first-order chi connectivity index (χ1) is 4.40. The van der Waals surface area contributed by atoms with Crippen LogP contribution >= 0.6 is 0 Å². The van der Waals surface area contributed by atoms with Crippen molar-refractivity contribution in [3.8, 4) is 0 Å². The maximum atomic E-state index is 5.52. The van der Waals surface area contributed by atoms with Crippen LogP contribution in [-0.2, 0) is 4.74 Å². The molecule has 0 aromatic carbocycles. The van der Waals surface area contributed by atoms with Gasteiger partial charge in [-0.05, 0) is 18.9 Å². The molecule has 1 fully saturated rings. The molecule has 2 atom stereocenters. The van der Waals surface area contributed by atoms with E-state index in [2.05, 4.69) is 11.4 Å². The van der Waals surface area contributed by atoms with E-state index in [-0.39, 0.29) is 0 Å². The number of hydrogen-bond acceptors (Lipinski definition) is 2. The highest BCUT2D eigenvalue weighted by Crippen LogP contribution is 2.31. The van der Waals surface area contributed by atoms with Crippen LogP contribution in [0.4, 0.5) is 0 Å². The Morgan fingerprint density at radius 3 is 2.89 bits per heavy atom. The second-order valence-corrected chi connectivity index (χ2v) is 2.61. The highest BCUT2D eigenvalue weighted by Gasteiger charge is 2.32. The van der Waals surface area contributed by atoms with E-state index in [1.807, 2.05) is 7.05 Å². The van der Waals surface area contributed by atoms with Gasteiger partial charge in [0, 0.05) is 12.7 Å². The predicted octanol–water partition coefficient (Wildman–Crippen LogP) is 0.651. The van der Waals surface area contributed by atoms with Crippen LogP contribution in [0.15, 0.2) is 11.8 Å². The molecule has 2 heteroatoms. The molecule has 2 unspecified atom stereocenters. The zero-order valence-electron chi connectivity index (χ0n) is 5.55. The summed E-state index contributed by atoms with van der Waals surface area (Å²) in [5.74, 6) is 0. The van der Waals surface area contributed by atoms with E-state index < -0.39 is 0 Å². The first-order valence-electron chi connectivity index (χ1n) is 3.45. The van der Waals surface area contributed by atoms with Crippen molar-refractivity contribution in [2.45, 2.75) is 25.0 Å². The van der Waals surface area contributed by atoms with E-state index in [0.29, 0.717) is 12.2 Å². The van der Waals surface area contributed by atoms with Gasteiger partial charge in [0.05, 0.1) is 12.2 Å². The van der Waals surface area contributed by atoms with Crippen LogP contribution in [0.3, 0.4) is 0 Å². The van der Waals surface area contributed by atoms with Gasteiger partial charge in [0.2, 0.25) is 0 Å². The number of fused-ring (bicyclic) bond motifs is 2. The average Bonchev–Trinajstić information content (AvgIpc) is 2.45. The summed E-state index contributed by atoms with van der Waals surface area (Å²) in [5, 5.41) is 3.13. The SMILES string of the molecule is CNC1=CC2CCC1O2. The van der Waals surface area contributed by atoms with E-state index in [9.17, 15) is 0 Å². The summed E-state index contributed by atoms with van der Waals surface area (Å²) in [6.45, 7) is 0. The molecule has 50 valence electrons. The second-order valence-electron chi connectivity index (χ2n) is 2.61. The fourth-order valence-electron chi connectivity index (χ4n) is 1.57. The van der Waals surface area contributed by atoms with Crippen molar-refractivity contribution in [3.63, 3.8) is 0 Å². The molecular weight excluding hydrogens is 114 g/mol. The van der Waals surface area contributed by atoms with Crippen LogP contribution in [0.2, 0.25) is 0 Å². The summed E-state index contributed by atoms with van der Waals surface area (Å²) >= 11 is 0. The summed E-state index contributed by atoms with van der Waals surface area (Å²) < 4.78 is 5.52. The molecule has 2 nitrogen and oxygen atoms in total. The van der Waals surface area contributed by atoms with Gasteiger partial charge >= 0.3 is 0 Å². The smallest absolute Gasteiger partial charge is 0.0975 e. The van der Waals surface area contributed by atoms with Gasteiger partial charge in [-0.1, -0.05) is 0 Å². The molecule has 2 rings (SSSR count). The number of nitrogens with one attached hydrogen (secondary N) is 1. The van der Waals surface area contributed by atoms with Gasteiger partial charge in [0.15, 0.2) is 0 Å². The lowest BCUT2D eigenvalue weighted by Gasteiger charge is -2.08. The lowest BCUT2D eigenvalue weighted by atomic mass is 10.1. The van der Waals surface area contributed by atoms with E-state index in [4.69, 9.17) is 4.74 Å². The topological polar surface area (TPSA) is 21.3 Å². The van der Waals surface area contributed by atoms with Gasteiger partial charge in [-0.2, -0.15) is 0 Å². The van der Waals surface area contributed by atoms with Gasteiger partial charge < -0.3 is 10.1 Å². The molecule has 2 aliphatic heterocycles. The van der Waals surface area contributed by atoms with Crippen molar-refractivity contribution >= 4 is 0 Å². The normalized spacial score (nSPS) is 39.0. The average molecular weight is 125 g/mol. The van der Waals surface area contributed by atoms with Crippen molar-refractivity contribution < 1.29 is 4.74 Å². The fraction of sp³-hybridized carbons (Fsp3) is 0.714. The highest BCUT2D eigenvalue weighted by molar-refractivity contribution is 5.18. The third-order valence-corrected chi connectivity index (χ3v) is 2.05. The van der Waals surface area contributed by atoms with Gasteiger partial charge in [0.25, 0.3) is 0 Å². The van der Waals surface area contributed by atoms with Crippen LogP contribution in [0.1, 0.15) is 12.8 Å². The summed E-state index contributed by atoms with van der Waals surface area (Å²) in [7, 11) is 1.95. The minimum absolute atomic E-state index is 0.403. The van der Waals surface area contributed by atoms with E-state index in [1.165, 1.54) is 18.5 Å². The Hall–Kier alpha value is -0.500. The van der Waals surface area contributed by atoms with Crippen LogP contribution in [-0.4, -0.2) is 19.3 Å². The lowest BCUT2D eigenvalue weighted by molar-refractivity contribution is 0.114. The molecule has 1 saturated heterocycles. The maximum absolute atomic E-state index is 5.52. The zero-order chi connectivity index (χ0) is 6.27. The molecule has 9 heavy (non-hydrogen) atoms. The Labute approximate surface area is 54.9 Å². The minimum Gasteiger partial charge on any atom is -0.389 e. The number of hydrogen-bond donors (Lipinski definition) is 1. The molecular formula is C7H11NO. The minimum atomic E-state index is 0.403. The predicted molar refractivity (Wildman–Crippen MR) is 35.0 cm³/mol. The van der Waals surface area contributed by atoms with Crippen molar-refractivity contribution in [2.24, 2.45) is 0 Å². The molecule has 0 aliphatic carbocycles. The molecule has 0 aromatic rings. The zero-order valence-corrected chi connectivity index (χ0v) is 5.55. The monoisotopic (exact) mass is 125 g/mol. The number of rotatable bonds is 1. The van der Waals surface area contributed by atoms with Crippen LogP contribution in [0.25, 0.3) is 0 Å². The van der Waals surface area contributed by atoms with Crippen molar-refractivity contribution in [1.29, 1.82) is 0 Å². The van der Waals surface area contributed by atoms with Gasteiger partial charge in [-0.25, -0.2) is 0 Å². The summed E-state index contributed by atoms with van der Waals surface area (Å²) in [6, 6.07) is 0. The van der Waals surface area contributed by atoms with Gasteiger partial charge in [-0.15, -0.1) is 0 Å². The Bertz CT molecular complexity index is 153. The molecule has 0 spiro atoms. The molecule has 0 saturated carbocycles. The number of likely N-dealkylation sites (N-methyl/N-ethyl adjacent to an activating group) is 1. The summed E-state index contributed by atoms with van der Waals surface area (Å²) in [6.07, 6.45) is 5.44. The summed E-state index contributed by atoms with van der Waals surface area (Å²) in [5.41, 5.74) is 1.28. The highest BCUT2D eigenvalue weighted by atomic mass is 16.5. The maximum Gasteiger partial charge on any atom is 0.0975 e. The van der Waals surface area contributed by atoms with Crippen LogP contribution in [0, 0.1) is 0 Å². The first kappa shape index (κ1) is 5.30. The van der Waals surface area contributed by atoms with Crippen molar-refractivity contribution in [1.82, 2.24) is 5.32 Å².